The highest BCUT2D eigenvalue weighted by molar-refractivity contribution is 8.15. The van der Waals surface area contributed by atoms with E-state index in [0.29, 0.717) is 17.0 Å². The van der Waals surface area contributed by atoms with Crippen LogP contribution in [-0.2, 0) is 11.3 Å². The molecular weight excluding hydrogens is 356 g/mol. The Morgan fingerprint density at radius 3 is 2.73 bits per heavy atom. The van der Waals surface area contributed by atoms with Crippen molar-refractivity contribution in [3.05, 3.63) is 59.7 Å². The Balaban J connectivity index is 1.75. The molecule has 8 heteroatoms. The van der Waals surface area contributed by atoms with E-state index < -0.39 is 11.3 Å². The smallest absolute Gasteiger partial charge is 0.335 e. The standard InChI is InChI=1S/C18H16N2O5S/c1-25-14-8-3-2-7-13(14)19-15-16(21)20(18(24)26-15)10-11-5-4-6-12(9-11)17(22)23/h2-9,15,19H,10H2,1H3,(H,22,23)/t15-/m0/s1. The van der Waals surface area contributed by atoms with Gasteiger partial charge >= 0.3 is 5.97 Å². The van der Waals surface area contributed by atoms with Gasteiger partial charge in [0, 0.05) is 0 Å². The van der Waals surface area contributed by atoms with E-state index in [9.17, 15) is 14.4 Å². The fourth-order valence-corrected chi connectivity index (χ4v) is 3.47. The quantitative estimate of drug-likeness (QED) is 0.804. The van der Waals surface area contributed by atoms with Gasteiger partial charge in [0.2, 0.25) is 0 Å². The Morgan fingerprint density at radius 2 is 2.00 bits per heavy atom. The lowest BCUT2D eigenvalue weighted by Crippen LogP contribution is -2.34. The van der Waals surface area contributed by atoms with Crippen LogP contribution in [-0.4, -0.2) is 39.6 Å². The highest BCUT2D eigenvalue weighted by atomic mass is 32.2. The molecule has 0 spiro atoms. The Morgan fingerprint density at radius 1 is 1.23 bits per heavy atom. The summed E-state index contributed by atoms with van der Waals surface area (Å²) in [5, 5.41) is 10.9. The molecule has 0 bridgehead atoms. The van der Waals surface area contributed by atoms with Crippen LogP contribution < -0.4 is 10.1 Å². The summed E-state index contributed by atoms with van der Waals surface area (Å²) in [7, 11) is 1.52. The summed E-state index contributed by atoms with van der Waals surface area (Å²) in [6, 6.07) is 13.3. The second-order valence-corrected chi connectivity index (χ2v) is 6.59. The van der Waals surface area contributed by atoms with E-state index in [1.807, 2.05) is 0 Å². The van der Waals surface area contributed by atoms with Crippen LogP contribution in [0.5, 0.6) is 5.75 Å². The number of carboxylic acid groups (broad SMARTS) is 1. The average molecular weight is 372 g/mol. The number of carbonyl (C=O) groups excluding carboxylic acids is 2. The number of benzene rings is 2. The molecule has 0 unspecified atom stereocenters. The first-order valence-corrected chi connectivity index (χ1v) is 8.61. The molecule has 2 amide bonds. The van der Waals surface area contributed by atoms with Gasteiger partial charge in [0.1, 0.15) is 5.75 Å². The van der Waals surface area contributed by atoms with Crippen molar-refractivity contribution in [2.75, 3.05) is 12.4 Å². The third kappa shape index (κ3) is 3.65. The zero-order chi connectivity index (χ0) is 18.7. The van der Waals surface area contributed by atoms with Crippen LogP contribution in [0.4, 0.5) is 10.5 Å². The largest absolute Gasteiger partial charge is 0.495 e. The Hall–Kier alpha value is -3.00. The minimum Gasteiger partial charge on any atom is -0.495 e. The lowest BCUT2D eigenvalue weighted by molar-refractivity contribution is -0.126. The van der Waals surface area contributed by atoms with Crippen LogP contribution in [0.3, 0.4) is 0 Å². The summed E-state index contributed by atoms with van der Waals surface area (Å²) in [5.41, 5.74) is 1.30. The van der Waals surface area contributed by atoms with Gasteiger partial charge in [0.15, 0.2) is 5.37 Å². The lowest BCUT2D eigenvalue weighted by Gasteiger charge is -2.16. The van der Waals surface area contributed by atoms with Gasteiger partial charge < -0.3 is 15.2 Å². The summed E-state index contributed by atoms with van der Waals surface area (Å²) in [5.74, 6) is -0.872. The normalized spacial score (nSPS) is 16.7. The highest BCUT2D eigenvalue weighted by Crippen LogP contribution is 2.32. The molecule has 0 aromatic heterocycles. The predicted octanol–water partition coefficient (Wildman–Crippen LogP) is 3.03. The lowest BCUT2D eigenvalue weighted by atomic mass is 10.1. The SMILES string of the molecule is COc1ccccc1N[C@H]1SC(=O)N(Cc2cccc(C(=O)O)c2)C1=O. The second-order valence-electron chi connectivity index (χ2n) is 5.54. The van der Waals surface area contributed by atoms with E-state index in [-0.39, 0.29) is 23.3 Å². The third-order valence-corrected chi connectivity index (χ3v) is 4.81. The molecule has 1 fully saturated rings. The van der Waals surface area contributed by atoms with Crippen molar-refractivity contribution in [1.82, 2.24) is 4.90 Å². The number of imide groups is 1. The molecule has 26 heavy (non-hydrogen) atoms. The molecule has 2 aromatic rings. The van der Waals surface area contributed by atoms with Gasteiger partial charge in [-0.1, -0.05) is 24.3 Å². The zero-order valence-electron chi connectivity index (χ0n) is 13.8. The van der Waals surface area contributed by atoms with Crippen LogP contribution in [0.1, 0.15) is 15.9 Å². The molecule has 1 aliphatic heterocycles. The number of rotatable bonds is 6. The number of thioether (sulfide) groups is 1. The molecule has 1 aliphatic rings. The number of para-hydroxylation sites is 2. The van der Waals surface area contributed by atoms with Crippen molar-refractivity contribution in [3.63, 3.8) is 0 Å². The minimum atomic E-state index is -1.06. The monoisotopic (exact) mass is 372 g/mol. The van der Waals surface area contributed by atoms with Gasteiger partial charge in [-0.3, -0.25) is 14.5 Å². The van der Waals surface area contributed by atoms with Crippen LogP contribution in [0.15, 0.2) is 48.5 Å². The molecule has 0 radical (unpaired) electrons. The van der Waals surface area contributed by atoms with Gasteiger partial charge in [-0.2, -0.15) is 0 Å². The fourth-order valence-electron chi connectivity index (χ4n) is 2.57. The molecule has 2 aromatic carbocycles. The number of carboxylic acids is 1. The molecule has 1 saturated heterocycles. The number of carbonyl (C=O) groups is 3. The molecule has 1 atom stereocenters. The Bertz CT molecular complexity index is 870. The number of ether oxygens (including phenoxy) is 1. The summed E-state index contributed by atoms with van der Waals surface area (Å²) in [4.78, 5) is 37.0. The molecule has 2 N–H and O–H groups in total. The van der Waals surface area contributed by atoms with Crippen molar-refractivity contribution in [2.24, 2.45) is 0 Å². The maximum atomic E-state index is 12.6. The fraction of sp³-hybridized carbons (Fsp3) is 0.167. The van der Waals surface area contributed by atoms with Crippen LogP contribution in [0.25, 0.3) is 0 Å². The number of aromatic carboxylic acids is 1. The summed E-state index contributed by atoms with van der Waals surface area (Å²) in [6.45, 7) is 0.0237. The van der Waals surface area contributed by atoms with Crippen LogP contribution in [0, 0.1) is 0 Å². The number of hydrogen-bond donors (Lipinski definition) is 2. The van der Waals surface area contributed by atoms with Gasteiger partial charge in [0.05, 0.1) is 24.9 Å². The number of methoxy groups -OCH3 is 1. The summed E-state index contributed by atoms with van der Waals surface area (Å²) < 4.78 is 5.24. The van der Waals surface area contributed by atoms with Crippen molar-refractivity contribution >= 4 is 34.6 Å². The van der Waals surface area contributed by atoms with Gasteiger partial charge in [0.25, 0.3) is 11.1 Å². The van der Waals surface area contributed by atoms with Crippen molar-refractivity contribution in [1.29, 1.82) is 0 Å². The maximum absolute atomic E-state index is 12.6. The average Bonchev–Trinajstić information content (AvgIpc) is 2.90. The van der Waals surface area contributed by atoms with Crippen LogP contribution >= 0.6 is 11.8 Å². The number of anilines is 1. The van der Waals surface area contributed by atoms with Crippen molar-refractivity contribution < 1.29 is 24.2 Å². The van der Waals surface area contributed by atoms with E-state index in [1.54, 1.807) is 36.4 Å². The number of nitrogens with zero attached hydrogens (tertiary/aromatic N) is 1. The van der Waals surface area contributed by atoms with E-state index >= 15 is 0 Å². The van der Waals surface area contributed by atoms with E-state index in [4.69, 9.17) is 9.84 Å². The topological polar surface area (TPSA) is 95.9 Å². The Kier molecular flexibility index (Phi) is 5.13. The number of hydrogen-bond acceptors (Lipinski definition) is 6. The van der Waals surface area contributed by atoms with E-state index in [0.717, 1.165) is 16.7 Å². The second kappa shape index (κ2) is 7.49. The Labute approximate surface area is 153 Å². The maximum Gasteiger partial charge on any atom is 0.335 e. The molecule has 134 valence electrons. The first-order chi connectivity index (χ1) is 12.5. The van der Waals surface area contributed by atoms with E-state index in [2.05, 4.69) is 5.32 Å². The van der Waals surface area contributed by atoms with Crippen molar-refractivity contribution in [2.45, 2.75) is 11.9 Å². The van der Waals surface area contributed by atoms with Crippen LogP contribution in [0.2, 0.25) is 0 Å². The van der Waals surface area contributed by atoms with Crippen molar-refractivity contribution in [3.8, 4) is 5.75 Å². The van der Waals surface area contributed by atoms with E-state index in [1.165, 1.54) is 19.2 Å². The molecule has 3 rings (SSSR count). The first kappa shape index (κ1) is 17.8. The molecule has 7 nitrogen and oxygen atoms in total. The minimum absolute atomic E-state index is 0.0237. The number of amides is 2. The molecule has 1 heterocycles. The predicted molar refractivity (Wildman–Crippen MR) is 97.3 cm³/mol. The summed E-state index contributed by atoms with van der Waals surface area (Å²) >= 11 is 0.880. The molecular formula is C18H16N2O5S. The highest BCUT2D eigenvalue weighted by Gasteiger charge is 2.40. The molecule has 0 saturated carbocycles. The third-order valence-electron chi connectivity index (χ3n) is 3.84. The van der Waals surface area contributed by atoms with Gasteiger partial charge in [-0.25, -0.2) is 4.79 Å². The number of nitrogens with one attached hydrogen (secondary N) is 1. The molecule has 0 aliphatic carbocycles. The van der Waals surface area contributed by atoms with Gasteiger partial charge in [-0.05, 0) is 41.6 Å². The van der Waals surface area contributed by atoms with Gasteiger partial charge in [-0.15, -0.1) is 0 Å². The first-order valence-electron chi connectivity index (χ1n) is 7.73. The zero-order valence-corrected chi connectivity index (χ0v) is 14.7. The summed E-state index contributed by atoms with van der Waals surface area (Å²) in [6.07, 6.45) is 0.